The zero-order valence-electron chi connectivity index (χ0n) is 11.2. The van der Waals surface area contributed by atoms with E-state index in [1.165, 1.54) is 0 Å². The van der Waals surface area contributed by atoms with Crippen LogP contribution in [-0.2, 0) is 14.3 Å². The number of nitrogens with two attached hydrogens (primary N) is 1. The van der Waals surface area contributed by atoms with Crippen LogP contribution in [0.3, 0.4) is 0 Å². The topological polar surface area (TPSA) is 76.8 Å². The minimum Gasteiger partial charge on any atom is -0.383 e. The van der Waals surface area contributed by atoms with E-state index < -0.39 is 0 Å². The molecule has 1 amide bonds. The number of carbonyl (C=O) groups excluding carboxylic acids is 1. The lowest BCUT2D eigenvalue weighted by atomic mass is 10.1. The number of nitrogens with zero attached hydrogens (tertiary/aromatic N) is 1. The van der Waals surface area contributed by atoms with Crippen molar-refractivity contribution < 1.29 is 14.3 Å². The summed E-state index contributed by atoms with van der Waals surface area (Å²) in [5.74, 6) is 4.97. The molecular formula is C11H25N3O3. The van der Waals surface area contributed by atoms with Crippen molar-refractivity contribution in [1.29, 1.82) is 0 Å². The standard InChI is InChI=1S/C11H25N3O3/c1-5-9(2)14(6-7-16-3)10(8-17-4)11(15)13-12/h9-10H,5-8,12H2,1-4H3,(H,13,15). The van der Waals surface area contributed by atoms with Crippen LogP contribution < -0.4 is 11.3 Å². The molecule has 6 nitrogen and oxygen atoms in total. The van der Waals surface area contributed by atoms with Gasteiger partial charge in [0.25, 0.3) is 5.91 Å². The van der Waals surface area contributed by atoms with Crippen molar-refractivity contribution in [3.63, 3.8) is 0 Å². The van der Waals surface area contributed by atoms with Gasteiger partial charge in [-0.1, -0.05) is 6.92 Å². The molecule has 0 aromatic carbocycles. The van der Waals surface area contributed by atoms with Crippen LogP contribution in [0.15, 0.2) is 0 Å². The summed E-state index contributed by atoms with van der Waals surface area (Å²) in [4.78, 5) is 13.8. The Bertz CT molecular complexity index is 214. The lowest BCUT2D eigenvalue weighted by molar-refractivity contribution is -0.130. The fourth-order valence-corrected chi connectivity index (χ4v) is 1.69. The van der Waals surface area contributed by atoms with E-state index in [4.69, 9.17) is 15.3 Å². The molecule has 0 bridgehead atoms. The van der Waals surface area contributed by atoms with E-state index in [0.29, 0.717) is 19.8 Å². The van der Waals surface area contributed by atoms with Gasteiger partial charge in [0.2, 0.25) is 0 Å². The molecule has 0 aliphatic heterocycles. The average Bonchev–Trinajstić information content (AvgIpc) is 2.36. The molecule has 0 aliphatic carbocycles. The minimum absolute atomic E-state index is 0.233. The maximum Gasteiger partial charge on any atom is 0.253 e. The van der Waals surface area contributed by atoms with Crippen molar-refractivity contribution >= 4 is 5.91 Å². The summed E-state index contributed by atoms with van der Waals surface area (Å²) in [5, 5.41) is 0. The zero-order valence-corrected chi connectivity index (χ0v) is 11.2. The van der Waals surface area contributed by atoms with Gasteiger partial charge < -0.3 is 9.47 Å². The van der Waals surface area contributed by atoms with Crippen molar-refractivity contribution in [1.82, 2.24) is 10.3 Å². The molecule has 102 valence electrons. The number of hydrogen-bond acceptors (Lipinski definition) is 5. The maximum atomic E-state index is 11.7. The smallest absolute Gasteiger partial charge is 0.253 e. The van der Waals surface area contributed by atoms with Gasteiger partial charge in [-0.3, -0.25) is 15.1 Å². The summed E-state index contributed by atoms with van der Waals surface area (Å²) in [6.45, 7) is 5.71. The summed E-state index contributed by atoms with van der Waals surface area (Å²) in [7, 11) is 3.21. The highest BCUT2D eigenvalue weighted by atomic mass is 16.5. The Labute approximate surface area is 103 Å². The Morgan fingerprint density at radius 3 is 2.47 bits per heavy atom. The van der Waals surface area contributed by atoms with Crippen molar-refractivity contribution in [2.45, 2.75) is 32.4 Å². The highest BCUT2D eigenvalue weighted by Crippen LogP contribution is 2.09. The van der Waals surface area contributed by atoms with E-state index >= 15 is 0 Å². The molecular weight excluding hydrogens is 222 g/mol. The number of hydrogen-bond donors (Lipinski definition) is 2. The summed E-state index contributed by atoms with van der Waals surface area (Å²) < 4.78 is 10.1. The Morgan fingerprint density at radius 1 is 1.41 bits per heavy atom. The Kier molecular flexibility index (Phi) is 8.97. The van der Waals surface area contributed by atoms with E-state index in [1.54, 1.807) is 14.2 Å². The third kappa shape index (κ3) is 5.45. The van der Waals surface area contributed by atoms with Gasteiger partial charge in [0.1, 0.15) is 6.04 Å². The second-order valence-electron chi connectivity index (χ2n) is 3.97. The molecule has 6 heteroatoms. The third-order valence-electron chi connectivity index (χ3n) is 2.88. The van der Waals surface area contributed by atoms with Crippen LogP contribution in [0.5, 0.6) is 0 Å². The van der Waals surface area contributed by atoms with Gasteiger partial charge >= 0.3 is 0 Å². The highest BCUT2D eigenvalue weighted by molar-refractivity contribution is 5.81. The minimum atomic E-state index is -0.380. The van der Waals surface area contributed by atoms with E-state index in [1.807, 2.05) is 0 Å². The first-order valence-corrected chi connectivity index (χ1v) is 5.86. The van der Waals surface area contributed by atoms with Gasteiger partial charge in [0.05, 0.1) is 13.2 Å². The van der Waals surface area contributed by atoms with Crippen LogP contribution in [0, 0.1) is 0 Å². The molecule has 0 saturated heterocycles. The molecule has 0 radical (unpaired) electrons. The van der Waals surface area contributed by atoms with E-state index in [2.05, 4.69) is 24.2 Å². The monoisotopic (exact) mass is 247 g/mol. The molecule has 3 N–H and O–H groups in total. The molecule has 0 saturated carbocycles. The van der Waals surface area contributed by atoms with Crippen molar-refractivity contribution in [2.75, 3.05) is 34.0 Å². The second-order valence-corrected chi connectivity index (χ2v) is 3.97. The van der Waals surface area contributed by atoms with Crippen molar-refractivity contribution in [3.05, 3.63) is 0 Å². The van der Waals surface area contributed by atoms with Crippen molar-refractivity contribution in [3.8, 4) is 0 Å². The summed E-state index contributed by atoms with van der Waals surface area (Å²) in [6.07, 6.45) is 0.946. The Morgan fingerprint density at radius 2 is 2.06 bits per heavy atom. The van der Waals surface area contributed by atoms with E-state index in [-0.39, 0.29) is 18.0 Å². The number of amides is 1. The van der Waals surface area contributed by atoms with Crippen LogP contribution in [0.25, 0.3) is 0 Å². The lowest BCUT2D eigenvalue weighted by Gasteiger charge is -2.34. The Balaban J connectivity index is 4.72. The predicted octanol–water partition coefficient (Wildman–Crippen LogP) is -0.262. The maximum absolute atomic E-state index is 11.7. The number of nitrogens with one attached hydrogen (secondary N) is 1. The number of hydrazine groups is 1. The summed E-state index contributed by atoms with van der Waals surface area (Å²) in [6, 6.07) is -0.113. The molecule has 0 aliphatic rings. The van der Waals surface area contributed by atoms with Gasteiger partial charge in [-0.05, 0) is 13.3 Å². The predicted molar refractivity (Wildman–Crippen MR) is 66.3 cm³/mol. The first kappa shape index (κ1) is 16.3. The quantitative estimate of drug-likeness (QED) is 0.333. The van der Waals surface area contributed by atoms with Crippen molar-refractivity contribution in [2.24, 2.45) is 5.84 Å². The van der Waals surface area contributed by atoms with Gasteiger partial charge in [-0.2, -0.15) is 0 Å². The van der Waals surface area contributed by atoms with Gasteiger partial charge in [-0.25, -0.2) is 5.84 Å². The zero-order chi connectivity index (χ0) is 13.3. The molecule has 2 unspecified atom stereocenters. The largest absolute Gasteiger partial charge is 0.383 e. The summed E-state index contributed by atoms with van der Waals surface area (Å²) in [5.41, 5.74) is 2.18. The fourth-order valence-electron chi connectivity index (χ4n) is 1.69. The van der Waals surface area contributed by atoms with Crippen LogP contribution in [-0.4, -0.2) is 56.9 Å². The normalized spacial score (nSPS) is 14.7. The SMILES string of the molecule is CCC(C)N(CCOC)C(COC)C(=O)NN. The first-order valence-electron chi connectivity index (χ1n) is 5.86. The fraction of sp³-hybridized carbons (Fsp3) is 0.909. The van der Waals surface area contributed by atoms with Crippen LogP contribution in [0.1, 0.15) is 20.3 Å². The van der Waals surface area contributed by atoms with Crippen LogP contribution in [0.2, 0.25) is 0 Å². The Hall–Kier alpha value is -0.690. The van der Waals surface area contributed by atoms with Crippen LogP contribution in [0.4, 0.5) is 0 Å². The van der Waals surface area contributed by atoms with Gasteiger partial charge in [0, 0.05) is 26.8 Å². The number of methoxy groups -OCH3 is 2. The van der Waals surface area contributed by atoms with E-state index in [9.17, 15) is 4.79 Å². The lowest BCUT2D eigenvalue weighted by Crippen LogP contribution is -2.54. The number of rotatable bonds is 9. The molecule has 0 heterocycles. The molecule has 0 aromatic heterocycles. The number of ether oxygens (including phenoxy) is 2. The molecule has 17 heavy (non-hydrogen) atoms. The van der Waals surface area contributed by atoms with Gasteiger partial charge in [0.15, 0.2) is 0 Å². The first-order chi connectivity index (χ1) is 8.12. The van der Waals surface area contributed by atoms with Crippen LogP contribution >= 0.6 is 0 Å². The van der Waals surface area contributed by atoms with E-state index in [0.717, 1.165) is 6.42 Å². The number of carbonyl (C=O) groups is 1. The second kappa shape index (κ2) is 9.35. The molecule has 0 rings (SSSR count). The average molecular weight is 247 g/mol. The third-order valence-corrected chi connectivity index (χ3v) is 2.88. The molecule has 0 spiro atoms. The molecule has 2 atom stereocenters. The molecule has 0 fully saturated rings. The summed E-state index contributed by atoms with van der Waals surface area (Å²) >= 11 is 0. The highest BCUT2D eigenvalue weighted by Gasteiger charge is 2.28. The molecule has 0 aromatic rings. The van der Waals surface area contributed by atoms with Gasteiger partial charge in [-0.15, -0.1) is 0 Å².